The zero-order valence-electron chi connectivity index (χ0n) is 8.48. The molecule has 0 aliphatic heterocycles. The number of nitrogens with zero attached hydrogens (tertiary/aromatic N) is 1. The molecular weight excluding hydrogens is 210 g/mol. The Morgan fingerprint density at radius 3 is 2.94 bits per heavy atom. The molecule has 1 aromatic heterocycles. The molecule has 0 spiro atoms. The molecule has 6 heteroatoms. The largest absolute Gasteiger partial charge is 0.347 e. The molecule has 0 radical (unpaired) electrons. The van der Waals surface area contributed by atoms with Gasteiger partial charge in [0.15, 0.2) is 5.82 Å². The summed E-state index contributed by atoms with van der Waals surface area (Å²) in [5.74, 6) is -0.291. The number of rotatable bonds is 2. The summed E-state index contributed by atoms with van der Waals surface area (Å²) in [7, 11) is 0. The summed E-state index contributed by atoms with van der Waals surface area (Å²) in [6.07, 6.45) is 0. The van der Waals surface area contributed by atoms with Crippen LogP contribution in [0, 0.1) is 0 Å². The Balaban J connectivity index is 2.50. The summed E-state index contributed by atoms with van der Waals surface area (Å²) >= 11 is 0. The van der Waals surface area contributed by atoms with Crippen LogP contribution in [0.15, 0.2) is 29.1 Å². The van der Waals surface area contributed by atoms with Gasteiger partial charge in [0, 0.05) is 12.3 Å². The van der Waals surface area contributed by atoms with Gasteiger partial charge in [0.25, 0.3) is 0 Å². The third kappa shape index (κ3) is 2.00. The molecule has 2 rings (SSSR count). The minimum absolute atomic E-state index is 0.217. The summed E-state index contributed by atoms with van der Waals surface area (Å²) in [5, 5.41) is 0.670. The number of hydrogen-bond donors (Lipinski definition) is 2. The number of benzene rings is 1. The van der Waals surface area contributed by atoms with Crippen molar-refractivity contribution < 1.29 is 9.63 Å². The fourth-order valence-electron chi connectivity index (χ4n) is 1.30. The minimum Gasteiger partial charge on any atom is -0.342 e. The van der Waals surface area contributed by atoms with Gasteiger partial charge in [-0.2, -0.15) is 10.5 Å². The second kappa shape index (κ2) is 4.01. The normalized spacial score (nSPS) is 10.1. The number of carbonyl (C=O) groups excluding carboxylic acids is 1. The number of anilines is 1. The first-order valence-corrected chi connectivity index (χ1v) is 4.59. The van der Waals surface area contributed by atoms with Crippen molar-refractivity contribution in [2.45, 2.75) is 6.92 Å². The van der Waals surface area contributed by atoms with E-state index < -0.39 is 11.7 Å². The van der Waals surface area contributed by atoms with Gasteiger partial charge >= 0.3 is 11.7 Å². The van der Waals surface area contributed by atoms with Gasteiger partial charge in [-0.25, -0.2) is 4.79 Å². The zero-order chi connectivity index (χ0) is 11.5. The van der Waals surface area contributed by atoms with E-state index in [1.807, 2.05) is 0 Å². The molecule has 1 heterocycles. The number of nitrogens with one attached hydrogen (secondary N) is 2. The van der Waals surface area contributed by atoms with Crippen molar-refractivity contribution in [2.75, 3.05) is 5.48 Å². The molecule has 0 saturated heterocycles. The zero-order valence-corrected chi connectivity index (χ0v) is 8.48. The Morgan fingerprint density at radius 2 is 2.19 bits per heavy atom. The van der Waals surface area contributed by atoms with E-state index in [1.165, 1.54) is 6.92 Å². The number of fused-ring (bicyclic) bond motifs is 1. The maximum Gasteiger partial charge on any atom is 0.347 e. The van der Waals surface area contributed by atoms with Gasteiger partial charge in [-0.05, 0) is 12.1 Å². The summed E-state index contributed by atoms with van der Waals surface area (Å²) < 4.78 is 0. The van der Waals surface area contributed by atoms with E-state index >= 15 is 0 Å². The predicted molar refractivity (Wildman–Crippen MR) is 57.8 cm³/mol. The highest BCUT2D eigenvalue weighted by Crippen LogP contribution is 2.16. The first-order valence-electron chi connectivity index (χ1n) is 4.59. The van der Waals surface area contributed by atoms with Crippen LogP contribution in [-0.2, 0) is 9.63 Å². The topological polar surface area (TPSA) is 84.1 Å². The van der Waals surface area contributed by atoms with Crippen molar-refractivity contribution in [1.29, 1.82) is 0 Å². The van der Waals surface area contributed by atoms with Crippen LogP contribution in [0.3, 0.4) is 0 Å². The Hall–Kier alpha value is -2.37. The number of para-hydroxylation sites is 1. The maximum atomic E-state index is 11.2. The average molecular weight is 219 g/mol. The molecule has 82 valence electrons. The Bertz CT molecular complexity index is 591. The summed E-state index contributed by atoms with van der Waals surface area (Å²) in [6.45, 7) is 1.25. The van der Waals surface area contributed by atoms with E-state index in [-0.39, 0.29) is 5.82 Å². The standard InChI is InChI=1S/C10H9N3O3/c1-6(14)16-13-9-7-4-2-3-5-8(7)11-10(15)12-9/h2-5H,1H3,(H2,11,12,13,15). The van der Waals surface area contributed by atoms with Gasteiger partial charge in [-0.1, -0.05) is 12.1 Å². The molecule has 0 aliphatic carbocycles. The molecule has 0 unspecified atom stereocenters. The Morgan fingerprint density at radius 1 is 1.44 bits per heavy atom. The maximum absolute atomic E-state index is 11.2. The van der Waals surface area contributed by atoms with E-state index in [9.17, 15) is 9.59 Å². The first kappa shape index (κ1) is 10.2. The van der Waals surface area contributed by atoms with E-state index in [0.29, 0.717) is 10.9 Å². The van der Waals surface area contributed by atoms with Crippen LogP contribution in [0.4, 0.5) is 5.82 Å². The molecule has 1 aromatic carbocycles. The molecule has 0 saturated carbocycles. The molecule has 0 atom stereocenters. The van der Waals surface area contributed by atoms with E-state index in [2.05, 4.69) is 20.3 Å². The third-order valence-electron chi connectivity index (χ3n) is 1.93. The molecule has 2 aromatic rings. The monoisotopic (exact) mass is 219 g/mol. The van der Waals surface area contributed by atoms with E-state index in [4.69, 9.17) is 0 Å². The van der Waals surface area contributed by atoms with Crippen LogP contribution in [0.25, 0.3) is 10.9 Å². The van der Waals surface area contributed by atoms with Crippen molar-refractivity contribution in [1.82, 2.24) is 9.97 Å². The quantitative estimate of drug-likeness (QED) is 0.730. The molecule has 16 heavy (non-hydrogen) atoms. The number of hydrogen-bond acceptors (Lipinski definition) is 5. The van der Waals surface area contributed by atoms with Crippen LogP contribution in [0.5, 0.6) is 0 Å². The number of H-pyrrole nitrogens is 1. The summed E-state index contributed by atoms with van der Waals surface area (Å²) in [5.41, 5.74) is 2.46. The molecule has 0 aliphatic rings. The number of carbonyl (C=O) groups is 1. The molecule has 0 fully saturated rings. The Kier molecular flexibility index (Phi) is 2.55. The second-order valence-corrected chi connectivity index (χ2v) is 3.13. The van der Waals surface area contributed by atoms with Crippen molar-refractivity contribution in [3.8, 4) is 0 Å². The van der Waals surface area contributed by atoms with Gasteiger partial charge < -0.3 is 9.82 Å². The van der Waals surface area contributed by atoms with Gasteiger partial charge in [-0.15, -0.1) is 0 Å². The first-order chi connectivity index (χ1) is 7.66. The van der Waals surface area contributed by atoms with Gasteiger partial charge in [0.2, 0.25) is 0 Å². The summed E-state index contributed by atoms with van der Waals surface area (Å²) in [6, 6.07) is 7.07. The summed E-state index contributed by atoms with van der Waals surface area (Å²) in [4.78, 5) is 32.7. The van der Waals surface area contributed by atoms with Crippen LogP contribution in [0.1, 0.15) is 6.92 Å². The van der Waals surface area contributed by atoms with Crippen LogP contribution < -0.4 is 11.2 Å². The molecule has 0 bridgehead atoms. The highest BCUT2D eigenvalue weighted by Gasteiger charge is 2.05. The molecule has 2 N–H and O–H groups in total. The van der Waals surface area contributed by atoms with Crippen LogP contribution in [0.2, 0.25) is 0 Å². The highest BCUT2D eigenvalue weighted by atomic mass is 16.7. The predicted octanol–water partition coefficient (Wildman–Crippen LogP) is 0.813. The molecule has 0 amide bonds. The van der Waals surface area contributed by atoms with Crippen molar-refractivity contribution >= 4 is 22.7 Å². The van der Waals surface area contributed by atoms with Crippen molar-refractivity contribution in [2.24, 2.45) is 0 Å². The SMILES string of the molecule is CC(=O)ONc1nc(=O)[nH]c2ccccc12. The fraction of sp³-hybridized carbons (Fsp3) is 0.100. The average Bonchev–Trinajstić information content (AvgIpc) is 2.25. The van der Waals surface area contributed by atoms with Crippen LogP contribution >= 0.6 is 0 Å². The highest BCUT2D eigenvalue weighted by molar-refractivity contribution is 5.88. The van der Waals surface area contributed by atoms with E-state index in [0.717, 1.165) is 0 Å². The lowest BCUT2D eigenvalue weighted by Gasteiger charge is -2.06. The third-order valence-corrected chi connectivity index (χ3v) is 1.93. The Labute approximate surface area is 90.2 Å². The lowest BCUT2D eigenvalue weighted by atomic mass is 10.2. The second-order valence-electron chi connectivity index (χ2n) is 3.13. The van der Waals surface area contributed by atoms with Crippen LogP contribution in [-0.4, -0.2) is 15.9 Å². The van der Waals surface area contributed by atoms with Crippen molar-refractivity contribution in [3.63, 3.8) is 0 Å². The lowest BCUT2D eigenvalue weighted by Crippen LogP contribution is -2.15. The number of aromatic amines is 1. The molecular formula is C10H9N3O3. The van der Waals surface area contributed by atoms with Gasteiger partial charge in [-0.3, -0.25) is 4.79 Å². The van der Waals surface area contributed by atoms with Gasteiger partial charge in [0.1, 0.15) is 0 Å². The lowest BCUT2D eigenvalue weighted by molar-refractivity contribution is -0.138. The van der Waals surface area contributed by atoms with E-state index in [1.54, 1.807) is 24.3 Å². The minimum atomic E-state index is -0.508. The molecule has 6 nitrogen and oxygen atoms in total. The smallest absolute Gasteiger partial charge is 0.342 e. The van der Waals surface area contributed by atoms with Crippen molar-refractivity contribution in [3.05, 3.63) is 34.7 Å². The van der Waals surface area contributed by atoms with Gasteiger partial charge in [0.05, 0.1) is 5.52 Å². The fourth-order valence-corrected chi connectivity index (χ4v) is 1.30. The number of aromatic nitrogens is 2.